The van der Waals surface area contributed by atoms with E-state index in [0.29, 0.717) is 12.0 Å². The first-order valence-electron chi connectivity index (χ1n) is 15.0. The standard InChI is InChI=1S/C35H40N2O2Si/c1-35(2,3)40(27-11-6-4-7-12-27,28-13-8-5-9-14-28)39-32-18-17-26-23-37(31-24-36-21-19-25(31)20-22-36)34(38)30-16-10-15-29(32)33(26)30/h4-16,23,25,31-32H,17-22,24H2,1-3H3/t31-,32?/m1/s1. The summed E-state index contributed by atoms with van der Waals surface area (Å²) in [5, 5.41) is 4.50. The zero-order valence-corrected chi connectivity index (χ0v) is 25.0. The van der Waals surface area contributed by atoms with Crippen molar-refractivity contribution in [2.75, 3.05) is 19.6 Å². The number of hydrogen-bond acceptors (Lipinski definition) is 3. The van der Waals surface area contributed by atoms with E-state index in [9.17, 15) is 4.79 Å². The van der Waals surface area contributed by atoms with Crippen LogP contribution in [0.25, 0.3) is 10.8 Å². The number of aryl methyl sites for hydroxylation is 1. The molecule has 206 valence electrons. The molecule has 4 nitrogen and oxygen atoms in total. The van der Waals surface area contributed by atoms with Gasteiger partial charge in [0, 0.05) is 18.1 Å². The first kappa shape index (κ1) is 25.9. The fourth-order valence-electron chi connectivity index (χ4n) is 7.96. The topological polar surface area (TPSA) is 34.5 Å². The molecule has 3 aliphatic heterocycles. The summed E-state index contributed by atoms with van der Waals surface area (Å²) in [7, 11) is -2.72. The van der Waals surface area contributed by atoms with Crippen molar-refractivity contribution in [3.63, 3.8) is 0 Å². The van der Waals surface area contributed by atoms with E-state index in [0.717, 1.165) is 30.2 Å². The second-order valence-electron chi connectivity index (χ2n) is 13.2. The Kier molecular flexibility index (Phi) is 6.37. The molecule has 40 heavy (non-hydrogen) atoms. The van der Waals surface area contributed by atoms with Crippen molar-refractivity contribution in [1.29, 1.82) is 0 Å². The van der Waals surface area contributed by atoms with Gasteiger partial charge in [-0.25, -0.2) is 0 Å². The van der Waals surface area contributed by atoms with Crippen LogP contribution in [0, 0.1) is 5.92 Å². The summed E-state index contributed by atoms with van der Waals surface area (Å²) >= 11 is 0. The summed E-state index contributed by atoms with van der Waals surface area (Å²) in [6.45, 7) is 10.4. The maximum atomic E-state index is 14.1. The van der Waals surface area contributed by atoms with Gasteiger partial charge >= 0.3 is 0 Å². The van der Waals surface area contributed by atoms with Crippen LogP contribution in [0.1, 0.15) is 63.3 Å². The third-order valence-electron chi connectivity index (χ3n) is 9.92. The Labute approximate surface area is 238 Å². The van der Waals surface area contributed by atoms with Gasteiger partial charge < -0.3 is 13.9 Å². The minimum Gasteiger partial charge on any atom is -0.400 e. The predicted molar refractivity (Wildman–Crippen MR) is 166 cm³/mol. The molecule has 8 rings (SSSR count). The number of piperidine rings is 3. The molecule has 0 radical (unpaired) electrons. The van der Waals surface area contributed by atoms with Crippen LogP contribution in [-0.4, -0.2) is 37.4 Å². The van der Waals surface area contributed by atoms with Crippen LogP contribution in [0.3, 0.4) is 0 Å². The smallest absolute Gasteiger partial charge is 0.261 e. The van der Waals surface area contributed by atoms with Crippen molar-refractivity contribution in [3.8, 4) is 0 Å². The van der Waals surface area contributed by atoms with Crippen LogP contribution in [-0.2, 0) is 10.8 Å². The molecular formula is C35H40N2O2Si. The summed E-state index contributed by atoms with van der Waals surface area (Å²) in [4.78, 5) is 16.6. The lowest BCUT2D eigenvalue weighted by Gasteiger charge is -2.46. The minimum atomic E-state index is -2.72. The van der Waals surface area contributed by atoms with E-state index in [-0.39, 0.29) is 16.7 Å². The maximum absolute atomic E-state index is 14.1. The summed E-state index contributed by atoms with van der Waals surface area (Å²) in [6.07, 6.45) is 6.43. The van der Waals surface area contributed by atoms with Gasteiger partial charge in [-0.05, 0) is 82.7 Å². The second-order valence-corrected chi connectivity index (χ2v) is 17.4. The average Bonchev–Trinajstić information content (AvgIpc) is 2.99. The van der Waals surface area contributed by atoms with Gasteiger partial charge in [0.05, 0.1) is 12.1 Å². The average molecular weight is 549 g/mol. The Balaban J connectivity index is 1.36. The Morgan fingerprint density at radius 1 is 0.825 bits per heavy atom. The van der Waals surface area contributed by atoms with E-state index in [1.54, 1.807) is 0 Å². The molecule has 1 unspecified atom stereocenters. The molecule has 0 amide bonds. The van der Waals surface area contributed by atoms with Crippen molar-refractivity contribution in [3.05, 3.63) is 107 Å². The van der Waals surface area contributed by atoms with Crippen LogP contribution >= 0.6 is 0 Å². The van der Waals surface area contributed by atoms with Gasteiger partial charge in [-0.2, -0.15) is 0 Å². The molecule has 4 aliphatic rings. The fraction of sp³-hybridized carbons (Fsp3) is 0.400. The number of aromatic nitrogens is 1. The molecular weight excluding hydrogens is 508 g/mol. The molecule has 2 bridgehead atoms. The predicted octanol–water partition coefficient (Wildman–Crippen LogP) is 5.83. The summed E-state index contributed by atoms with van der Waals surface area (Å²) in [5.41, 5.74) is 2.67. The van der Waals surface area contributed by atoms with E-state index < -0.39 is 8.32 Å². The molecule has 4 aromatic rings. The van der Waals surface area contributed by atoms with Crippen molar-refractivity contribution in [2.45, 2.75) is 63.6 Å². The number of nitrogens with zero attached hydrogens (tertiary/aromatic N) is 2. The van der Waals surface area contributed by atoms with Gasteiger partial charge in [0.2, 0.25) is 0 Å². The van der Waals surface area contributed by atoms with E-state index in [1.807, 2.05) is 6.07 Å². The van der Waals surface area contributed by atoms with Gasteiger partial charge in [-0.1, -0.05) is 93.6 Å². The highest BCUT2D eigenvalue weighted by Crippen LogP contribution is 2.44. The minimum absolute atomic E-state index is 0.0606. The molecule has 1 aromatic heterocycles. The summed E-state index contributed by atoms with van der Waals surface area (Å²) in [6, 6.07) is 28.4. The normalized spacial score (nSPS) is 24.4. The molecule has 4 heterocycles. The first-order valence-corrected chi connectivity index (χ1v) is 17.0. The summed E-state index contributed by atoms with van der Waals surface area (Å²) < 4.78 is 9.72. The van der Waals surface area contributed by atoms with Gasteiger partial charge in [-0.15, -0.1) is 0 Å². The molecule has 1 aliphatic carbocycles. The Morgan fingerprint density at radius 2 is 1.48 bits per heavy atom. The third kappa shape index (κ3) is 4.05. The molecule has 2 atom stereocenters. The Hall–Kier alpha value is -2.99. The summed E-state index contributed by atoms with van der Waals surface area (Å²) in [5.74, 6) is 0.616. The molecule has 0 saturated carbocycles. The van der Waals surface area contributed by atoms with Crippen LogP contribution in [0.5, 0.6) is 0 Å². The fourth-order valence-corrected chi connectivity index (χ4v) is 12.6. The molecule has 3 saturated heterocycles. The van der Waals surface area contributed by atoms with Crippen molar-refractivity contribution in [1.82, 2.24) is 9.47 Å². The second kappa shape index (κ2) is 9.83. The van der Waals surface area contributed by atoms with Gasteiger partial charge in [0.25, 0.3) is 13.9 Å². The van der Waals surface area contributed by atoms with Gasteiger partial charge in [-0.3, -0.25) is 4.79 Å². The van der Waals surface area contributed by atoms with Crippen molar-refractivity contribution >= 4 is 29.5 Å². The molecule has 3 fully saturated rings. The van der Waals surface area contributed by atoms with E-state index >= 15 is 0 Å². The van der Waals surface area contributed by atoms with E-state index in [4.69, 9.17) is 4.43 Å². The number of hydrogen-bond donors (Lipinski definition) is 0. The van der Waals surface area contributed by atoms with E-state index in [1.165, 1.54) is 47.4 Å². The zero-order valence-electron chi connectivity index (χ0n) is 24.0. The van der Waals surface area contributed by atoms with Gasteiger partial charge in [0.15, 0.2) is 0 Å². The van der Waals surface area contributed by atoms with Crippen molar-refractivity contribution in [2.24, 2.45) is 5.92 Å². The number of benzene rings is 3. The highest BCUT2D eigenvalue weighted by Gasteiger charge is 2.52. The lowest BCUT2D eigenvalue weighted by molar-refractivity contribution is 0.0555. The van der Waals surface area contributed by atoms with Gasteiger partial charge in [0.1, 0.15) is 0 Å². The number of rotatable bonds is 5. The van der Waals surface area contributed by atoms with Crippen LogP contribution < -0.4 is 15.9 Å². The molecule has 5 heteroatoms. The highest BCUT2D eigenvalue weighted by atomic mass is 28.4. The molecule has 3 aromatic carbocycles. The number of fused-ring (bicyclic) bond motifs is 3. The number of pyridine rings is 1. The SMILES string of the molecule is CC(C)(C)[Si](OC1CCc2cn([C@@H]3CN4CCC3CC4)c(=O)c3cccc1c23)(c1ccccc1)c1ccccc1. The highest BCUT2D eigenvalue weighted by molar-refractivity contribution is 6.99. The van der Waals surface area contributed by atoms with Crippen LogP contribution in [0.15, 0.2) is 89.9 Å². The first-order chi connectivity index (χ1) is 19.4. The van der Waals surface area contributed by atoms with Crippen LogP contribution in [0.2, 0.25) is 5.04 Å². The molecule has 0 N–H and O–H groups in total. The largest absolute Gasteiger partial charge is 0.400 e. The Morgan fingerprint density at radius 3 is 2.05 bits per heavy atom. The lowest BCUT2D eigenvalue weighted by Crippen LogP contribution is -2.67. The Bertz CT molecular complexity index is 1540. The lowest BCUT2D eigenvalue weighted by atomic mass is 9.83. The maximum Gasteiger partial charge on any atom is 0.261 e. The van der Waals surface area contributed by atoms with Crippen LogP contribution in [0.4, 0.5) is 0 Å². The van der Waals surface area contributed by atoms with Crippen molar-refractivity contribution < 1.29 is 4.43 Å². The monoisotopic (exact) mass is 548 g/mol. The quantitative estimate of drug-likeness (QED) is 0.294. The molecule has 0 spiro atoms. The zero-order chi connectivity index (χ0) is 27.5. The van der Waals surface area contributed by atoms with E-state index in [2.05, 4.69) is 109 Å². The third-order valence-corrected chi connectivity index (χ3v) is 15.0.